The Morgan fingerprint density at radius 3 is 1.87 bits per heavy atom. The van der Waals surface area contributed by atoms with E-state index in [0.29, 0.717) is 0 Å². The molecule has 0 saturated carbocycles. The Morgan fingerprint density at radius 2 is 1.60 bits per heavy atom. The van der Waals surface area contributed by atoms with Crippen molar-refractivity contribution in [3.8, 4) is 0 Å². The van der Waals surface area contributed by atoms with Gasteiger partial charge in [0.1, 0.15) is 10.0 Å². The Balaban J connectivity index is 3.39. The summed E-state index contributed by atoms with van der Waals surface area (Å²) in [5.74, 6) is 0. The van der Waals surface area contributed by atoms with Crippen molar-refractivity contribution < 1.29 is 4.92 Å². The lowest BCUT2D eigenvalue weighted by Gasteiger charge is -2.19. The van der Waals surface area contributed by atoms with Gasteiger partial charge in [0.15, 0.2) is 0 Å². The fourth-order valence-electron chi connectivity index (χ4n) is 1.17. The molecule has 15 heavy (non-hydrogen) atoms. The average Bonchev–Trinajstić information content (AvgIpc) is 1.99. The Kier molecular flexibility index (Phi) is 3.26. The van der Waals surface area contributed by atoms with Crippen molar-refractivity contribution in [3.05, 3.63) is 37.9 Å². The lowest BCUT2D eigenvalue weighted by Crippen LogP contribution is -2.11. The van der Waals surface area contributed by atoms with Gasteiger partial charge in [-0.25, -0.2) is 0 Å². The van der Waals surface area contributed by atoms with Crippen LogP contribution in [-0.4, -0.2) is 4.92 Å². The van der Waals surface area contributed by atoms with Gasteiger partial charge in [0.05, 0.1) is 4.92 Å². The molecule has 0 radical (unpaired) electrons. The molecule has 1 rings (SSSR count). The third-order valence-corrected chi connectivity index (χ3v) is 2.64. The van der Waals surface area contributed by atoms with E-state index in [4.69, 9.17) is 23.2 Å². The molecule has 0 amide bonds. The van der Waals surface area contributed by atoms with Crippen molar-refractivity contribution in [2.75, 3.05) is 0 Å². The first kappa shape index (κ1) is 12.3. The Labute approximate surface area is 98.2 Å². The first-order valence-corrected chi connectivity index (χ1v) is 5.13. The van der Waals surface area contributed by atoms with Gasteiger partial charge in [0.25, 0.3) is 0 Å². The summed E-state index contributed by atoms with van der Waals surface area (Å²) in [5.41, 5.74) is 0.511. The van der Waals surface area contributed by atoms with Gasteiger partial charge >= 0.3 is 5.69 Å². The quantitative estimate of drug-likeness (QED) is 0.552. The molecule has 0 atom stereocenters. The van der Waals surface area contributed by atoms with Gasteiger partial charge < -0.3 is 0 Å². The van der Waals surface area contributed by atoms with Crippen LogP contribution in [0.2, 0.25) is 10.0 Å². The van der Waals surface area contributed by atoms with E-state index in [0.717, 1.165) is 5.56 Å². The number of hydrogen-bond acceptors (Lipinski definition) is 2. The second kappa shape index (κ2) is 3.99. The molecule has 0 unspecified atom stereocenters. The lowest BCUT2D eigenvalue weighted by molar-refractivity contribution is -0.384. The minimum atomic E-state index is -0.572. The highest BCUT2D eigenvalue weighted by molar-refractivity contribution is 6.38. The normalized spacial score (nSPS) is 11.5. The highest BCUT2D eigenvalue weighted by Gasteiger charge is 2.23. The fourth-order valence-corrected chi connectivity index (χ4v) is 1.80. The number of rotatable bonds is 1. The highest BCUT2D eigenvalue weighted by Crippen LogP contribution is 2.37. The molecule has 0 saturated heterocycles. The molecule has 0 aromatic heterocycles. The van der Waals surface area contributed by atoms with Gasteiger partial charge in [0.2, 0.25) is 0 Å². The van der Waals surface area contributed by atoms with Gasteiger partial charge in [-0.3, -0.25) is 10.1 Å². The van der Waals surface area contributed by atoms with E-state index in [-0.39, 0.29) is 21.1 Å². The topological polar surface area (TPSA) is 43.1 Å². The summed E-state index contributed by atoms with van der Waals surface area (Å²) in [6.07, 6.45) is 0. The number of hydrogen-bond donors (Lipinski definition) is 0. The zero-order chi connectivity index (χ0) is 11.8. The molecular formula is C10H11Cl2NO2. The number of nitrogens with zero attached hydrogens (tertiary/aromatic N) is 1. The zero-order valence-electron chi connectivity index (χ0n) is 8.67. The van der Waals surface area contributed by atoms with Crippen molar-refractivity contribution in [2.45, 2.75) is 26.2 Å². The number of nitro groups is 1. The Hall–Kier alpha value is -0.800. The monoisotopic (exact) mass is 247 g/mol. The summed E-state index contributed by atoms with van der Waals surface area (Å²) in [6.45, 7) is 5.96. The second-order valence-corrected chi connectivity index (χ2v) is 5.11. The summed E-state index contributed by atoms with van der Waals surface area (Å²) in [5, 5.41) is 10.8. The molecule has 0 bridgehead atoms. The van der Waals surface area contributed by atoms with Crippen LogP contribution < -0.4 is 0 Å². The van der Waals surface area contributed by atoms with Crippen LogP contribution in [0.3, 0.4) is 0 Å². The number of benzene rings is 1. The first-order chi connectivity index (χ1) is 6.73. The van der Waals surface area contributed by atoms with E-state index in [2.05, 4.69) is 0 Å². The van der Waals surface area contributed by atoms with Crippen LogP contribution in [0.25, 0.3) is 0 Å². The molecule has 0 N–H and O–H groups in total. The maximum absolute atomic E-state index is 10.6. The van der Waals surface area contributed by atoms with Gasteiger partial charge in [-0.15, -0.1) is 0 Å². The lowest BCUT2D eigenvalue weighted by atomic mass is 9.87. The third-order valence-electron chi connectivity index (χ3n) is 2.07. The van der Waals surface area contributed by atoms with Crippen molar-refractivity contribution in [2.24, 2.45) is 0 Å². The van der Waals surface area contributed by atoms with E-state index in [1.165, 1.54) is 0 Å². The van der Waals surface area contributed by atoms with Crippen LogP contribution in [0.5, 0.6) is 0 Å². The minimum Gasteiger partial charge on any atom is -0.258 e. The minimum absolute atomic E-state index is 0.0809. The van der Waals surface area contributed by atoms with Crippen molar-refractivity contribution in [3.63, 3.8) is 0 Å². The predicted molar refractivity (Wildman–Crippen MR) is 61.8 cm³/mol. The maximum Gasteiger partial charge on any atom is 0.306 e. The Bertz CT molecular complexity index is 387. The molecule has 0 heterocycles. The van der Waals surface area contributed by atoms with Crippen molar-refractivity contribution >= 4 is 28.9 Å². The molecule has 1 aromatic rings. The summed E-state index contributed by atoms with van der Waals surface area (Å²) in [4.78, 5) is 10.1. The molecule has 0 aliphatic heterocycles. The van der Waals surface area contributed by atoms with Gasteiger partial charge in [0, 0.05) is 0 Å². The predicted octanol–water partition coefficient (Wildman–Crippen LogP) is 4.20. The smallest absolute Gasteiger partial charge is 0.258 e. The third kappa shape index (κ3) is 2.61. The molecule has 82 valence electrons. The summed E-state index contributed by atoms with van der Waals surface area (Å²) in [7, 11) is 0. The van der Waals surface area contributed by atoms with Crippen LogP contribution in [-0.2, 0) is 5.41 Å². The van der Waals surface area contributed by atoms with Crippen LogP contribution in [0.4, 0.5) is 5.69 Å². The molecular weight excluding hydrogens is 237 g/mol. The summed E-state index contributed by atoms with van der Waals surface area (Å²) < 4.78 is 0. The molecule has 1 aromatic carbocycles. The molecule has 3 nitrogen and oxygen atoms in total. The molecule has 5 heteroatoms. The van der Waals surface area contributed by atoms with Gasteiger partial charge in [-0.05, 0) is 23.1 Å². The SMILES string of the molecule is CC(C)(C)c1cc(Cl)c([N+](=O)[O-])c(Cl)c1. The fraction of sp³-hybridized carbons (Fsp3) is 0.400. The number of halogens is 2. The van der Waals surface area contributed by atoms with E-state index >= 15 is 0 Å². The standard InChI is InChI=1S/C10H11Cl2NO2/c1-10(2,3)6-4-7(11)9(13(14)15)8(12)5-6/h4-5H,1-3H3. The van der Waals surface area contributed by atoms with Crippen molar-refractivity contribution in [1.82, 2.24) is 0 Å². The van der Waals surface area contributed by atoms with Crippen LogP contribution in [0.15, 0.2) is 12.1 Å². The first-order valence-electron chi connectivity index (χ1n) is 4.37. The largest absolute Gasteiger partial charge is 0.306 e. The summed E-state index contributed by atoms with van der Waals surface area (Å²) in [6, 6.07) is 3.18. The highest BCUT2D eigenvalue weighted by atomic mass is 35.5. The maximum atomic E-state index is 10.6. The van der Waals surface area contributed by atoms with Crippen LogP contribution >= 0.6 is 23.2 Å². The second-order valence-electron chi connectivity index (χ2n) is 4.30. The van der Waals surface area contributed by atoms with Gasteiger partial charge in [-0.2, -0.15) is 0 Å². The summed E-state index contributed by atoms with van der Waals surface area (Å²) >= 11 is 11.6. The van der Waals surface area contributed by atoms with E-state index in [1.54, 1.807) is 12.1 Å². The molecule has 0 fully saturated rings. The molecule has 0 aliphatic carbocycles. The van der Waals surface area contributed by atoms with E-state index in [1.807, 2.05) is 20.8 Å². The Morgan fingerprint density at radius 1 is 1.20 bits per heavy atom. The van der Waals surface area contributed by atoms with Crippen LogP contribution in [0.1, 0.15) is 26.3 Å². The van der Waals surface area contributed by atoms with Crippen LogP contribution in [0, 0.1) is 10.1 Å². The average molecular weight is 248 g/mol. The van der Waals surface area contributed by atoms with Gasteiger partial charge in [-0.1, -0.05) is 44.0 Å². The molecule has 0 aliphatic rings. The van der Waals surface area contributed by atoms with E-state index in [9.17, 15) is 10.1 Å². The van der Waals surface area contributed by atoms with Crippen molar-refractivity contribution in [1.29, 1.82) is 0 Å². The zero-order valence-corrected chi connectivity index (χ0v) is 10.2. The van der Waals surface area contributed by atoms with E-state index < -0.39 is 4.92 Å². The number of nitro benzene ring substituents is 1. The molecule has 0 spiro atoms.